The van der Waals surface area contributed by atoms with E-state index in [1.54, 1.807) is 0 Å². The third kappa shape index (κ3) is 4.31. The maximum Gasteiger partial charge on any atom is 0.303 e. The second kappa shape index (κ2) is 7.40. The Balaban J connectivity index is 2.85. The van der Waals surface area contributed by atoms with Gasteiger partial charge in [-0.05, 0) is 17.4 Å². The minimum Gasteiger partial charge on any atom is -0.465 e. The molecule has 1 aliphatic heterocycles. The summed E-state index contributed by atoms with van der Waals surface area (Å²) in [6, 6.07) is -0.419. The number of nitrogens with zero attached hydrogens (tertiary/aromatic N) is 3. The molecule has 20 heavy (non-hydrogen) atoms. The van der Waals surface area contributed by atoms with Gasteiger partial charge in [-0.1, -0.05) is 19.0 Å². The highest BCUT2D eigenvalue weighted by atomic mass is 32.2. The molecule has 8 heteroatoms. The fourth-order valence-electron chi connectivity index (χ4n) is 2.14. The molecule has 0 aromatic heterocycles. The molecule has 2 unspecified atom stereocenters. The summed E-state index contributed by atoms with van der Waals surface area (Å²) in [4.78, 5) is 24.9. The first-order chi connectivity index (χ1) is 9.36. The molecule has 0 amide bonds. The van der Waals surface area contributed by atoms with Crippen LogP contribution in [0.1, 0.15) is 27.7 Å². The first-order valence-electron chi connectivity index (χ1n) is 6.37. The number of esters is 2. The van der Waals surface area contributed by atoms with Gasteiger partial charge in [0.25, 0.3) is 0 Å². The van der Waals surface area contributed by atoms with Crippen LogP contribution in [0.2, 0.25) is 0 Å². The van der Waals surface area contributed by atoms with Gasteiger partial charge in [0.15, 0.2) is 5.44 Å². The van der Waals surface area contributed by atoms with E-state index in [1.165, 1.54) is 25.6 Å². The second-order valence-corrected chi connectivity index (χ2v) is 6.21. The predicted octanol–water partition coefficient (Wildman–Crippen LogP) is 2.51. The first-order valence-corrected chi connectivity index (χ1v) is 7.31. The standard InChI is InChI=1S/C12H19N3O4S/c1-6-7(2)11(14-15-13)12(19-9(4)17)20-10(6)5-18-8(3)16/h6-7,10-12H,5H2,1-4H3/t6-,7-,10?,11?,12-/m0/s1. The molecule has 0 N–H and O–H groups in total. The van der Waals surface area contributed by atoms with Crippen molar-refractivity contribution in [3.05, 3.63) is 10.4 Å². The third-order valence-corrected chi connectivity index (χ3v) is 5.02. The van der Waals surface area contributed by atoms with E-state index in [0.717, 1.165) is 0 Å². The Morgan fingerprint density at radius 1 is 1.25 bits per heavy atom. The smallest absolute Gasteiger partial charge is 0.303 e. The van der Waals surface area contributed by atoms with Crippen molar-refractivity contribution in [3.63, 3.8) is 0 Å². The minimum atomic E-state index is -0.546. The van der Waals surface area contributed by atoms with E-state index in [-0.39, 0.29) is 29.7 Å². The molecular weight excluding hydrogens is 282 g/mol. The maximum atomic E-state index is 11.2. The fraction of sp³-hybridized carbons (Fsp3) is 0.833. The zero-order valence-corrected chi connectivity index (χ0v) is 12.8. The van der Waals surface area contributed by atoms with Crippen molar-refractivity contribution >= 4 is 23.7 Å². The van der Waals surface area contributed by atoms with Crippen LogP contribution in [0.5, 0.6) is 0 Å². The van der Waals surface area contributed by atoms with Crippen molar-refractivity contribution in [3.8, 4) is 0 Å². The van der Waals surface area contributed by atoms with Crippen molar-refractivity contribution in [1.82, 2.24) is 0 Å². The molecule has 0 aromatic carbocycles. The summed E-state index contributed by atoms with van der Waals surface area (Å²) in [5.74, 6) is -0.570. The predicted molar refractivity (Wildman–Crippen MR) is 74.8 cm³/mol. The molecule has 0 spiro atoms. The fourth-order valence-corrected chi connectivity index (χ4v) is 3.79. The first kappa shape index (κ1) is 16.7. The Hall–Kier alpha value is -1.40. The van der Waals surface area contributed by atoms with E-state index < -0.39 is 17.4 Å². The van der Waals surface area contributed by atoms with Crippen LogP contribution in [0.4, 0.5) is 0 Å². The lowest BCUT2D eigenvalue weighted by Gasteiger charge is -2.41. The third-order valence-electron chi connectivity index (χ3n) is 3.46. The van der Waals surface area contributed by atoms with E-state index in [2.05, 4.69) is 10.0 Å². The van der Waals surface area contributed by atoms with Crippen LogP contribution >= 0.6 is 11.8 Å². The van der Waals surface area contributed by atoms with Crippen LogP contribution in [0, 0.1) is 11.8 Å². The molecule has 5 atom stereocenters. The SMILES string of the molecule is CC(=O)OCC1S[C@H](OC(C)=O)C(N=[N+]=[N-])[C@@H](C)[C@@H]1C. The van der Waals surface area contributed by atoms with E-state index in [4.69, 9.17) is 15.0 Å². The van der Waals surface area contributed by atoms with E-state index in [9.17, 15) is 9.59 Å². The molecular formula is C12H19N3O4S. The number of thioether (sulfide) groups is 1. The normalized spacial score (nSPS) is 32.9. The summed E-state index contributed by atoms with van der Waals surface area (Å²) in [5.41, 5.74) is 8.11. The van der Waals surface area contributed by atoms with Gasteiger partial charge in [-0.25, -0.2) is 0 Å². The van der Waals surface area contributed by atoms with Crippen molar-refractivity contribution in [1.29, 1.82) is 0 Å². The Kier molecular flexibility index (Phi) is 6.16. The zero-order chi connectivity index (χ0) is 15.3. The molecule has 1 heterocycles. The molecule has 1 saturated heterocycles. The maximum absolute atomic E-state index is 11.2. The van der Waals surface area contributed by atoms with Crippen molar-refractivity contribution < 1.29 is 19.1 Å². The summed E-state index contributed by atoms with van der Waals surface area (Å²) < 4.78 is 10.3. The molecule has 112 valence electrons. The van der Waals surface area contributed by atoms with Crippen molar-refractivity contribution in [2.24, 2.45) is 17.0 Å². The molecule has 0 bridgehead atoms. The van der Waals surface area contributed by atoms with Gasteiger partial charge in [0, 0.05) is 24.0 Å². The van der Waals surface area contributed by atoms with Crippen LogP contribution in [-0.4, -0.2) is 35.3 Å². The van der Waals surface area contributed by atoms with Crippen LogP contribution in [0.3, 0.4) is 0 Å². The molecule has 0 aromatic rings. The van der Waals surface area contributed by atoms with Gasteiger partial charge in [0.1, 0.15) is 6.61 Å². The summed E-state index contributed by atoms with van der Waals surface area (Å²) in [6.07, 6.45) is 0. The molecule has 1 aliphatic rings. The van der Waals surface area contributed by atoms with Crippen LogP contribution in [0.25, 0.3) is 10.4 Å². The van der Waals surface area contributed by atoms with Gasteiger partial charge in [0.05, 0.1) is 6.04 Å². The number of azide groups is 1. The number of rotatable bonds is 4. The largest absolute Gasteiger partial charge is 0.465 e. The number of ether oxygens (including phenoxy) is 2. The monoisotopic (exact) mass is 301 g/mol. The highest BCUT2D eigenvalue weighted by Gasteiger charge is 2.42. The van der Waals surface area contributed by atoms with Crippen molar-refractivity contribution in [2.45, 2.75) is 44.4 Å². The lowest BCUT2D eigenvalue weighted by atomic mass is 9.86. The van der Waals surface area contributed by atoms with Gasteiger partial charge >= 0.3 is 11.9 Å². The summed E-state index contributed by atoms with van der Waals surface area (Å²) in [6.45, 7) is 6.88. The Labute approximate surface area is 122 Å². The van der Waals surface area contributed by atoms with Gasteiger partial charge < -0.3 is 9.47 Å². The Bertz CT molecular complexity index is 425. The number of hydrogen-bond donors (Lipinski definition) is 0. The lowest BCUT2D eigenvalue weighted by Crippen LogP contribution is -2.45. The number of carbonyl (C=O) groups is 2. The zero-order valence-electron chi connectivity index (χ0n) is 12.0. The van der Waals surface area contributed by atoms with Crippen LogP contribution < -0.4 is 0 Å². The van der Waals surface area contributed by atoms with Gasteiger partial charge in [-0.3, -0.25) is 9.59 Å². The summed E-state index contributed by atoms with van der Waals surface area (Å²) in [5, 5.41) is 3.76. The topological polar surface area (TPSA) is 101 Å². The molecule has 7 nitrogen and oxygen atoms in total. The molecule has 0 saturated carbocycles. The van der Waals surface area contributed by atoms with E-state index >= 15 is 0 Å². The minimum absolute atomic E-state index is 0.00314. The lowest BCUT2D eigenvalue weighted by molar-refractivity contribution is -0.145. The summed E-state index contributed by atoms with van der Waals surface area (Å²) >= 11 is 1.38. The van der Waals surface area contributed by atoms with E-state index in [0.29, 0.717) is 0 Å². The molecule has 1 fully saturated rings. The average Bonchev–Trinajstić information content (AvgIpc) is 2.36. The highest BCUT2D eigenvalue weighted by molar-refractivity contribution is 8.00. The van der Waals surface area contributed by atoms with E-state index in [1.807, 2.05) is 13.8 Å². The molecule has 1 rings (SSSR count). The van der Waals surface area contributed by atoms with Gasteiger partial charge in [-0.2, -0.15) is 0 Å². The van der Waals surface area contributed by atoms with Gasteiger partial charge in [0.2, 0.25) is 0 Å². The summed E-state index contributed by atoms with van der Waals surface area (Å²) in [7, 11) is 0. The highest BCUT2D eigenvalue weighted by Crippen LogP contribution is 2.42. The van der Waals surface area contributed by atoms with Crippen LogP contribution in [0.15, 0.2) is 5.11 Å². The van der Waals surface area contributed by atoms with Gasteiger partial charge in [-0.15, -0.1) is 11.8 Å². The Morgan fingerprint density at radius 2 is 1.90 bits per heavy atom. The number of hydrogen-bond acceptors (Lipinski definition) is 6. The molecule has 0 radical (unpaired) electrons. The van der Waals surface area contributed by atoms with Crippen LogP contribution in [-0.2, 0) is 19.1 Å². The Morgan fingerprint density at radius 3 is 2.40 bits per heavy atom. The number of carbonyl (C=O) groups excluding carboxylic acids is 2. The average molecular weight is 301 g/mol. The van der Waals surface area contributed by atoms with Crippen molar-refractivity contribution in [2.75, 3.05) is 6.61 Å². The second-order valence-electron chi connectivity index (χ2n) is 4.87. The quantitative estimate of drug-likeness (QED) is 0.343. The molecule has 0 aliphatic carbocycles.